The number of carbonyl (C=O) groups is 1. The van der Waals surface area contributed by atoms with Gasteiger partial charge in [0.1, 0.15) is 0 Å². The van der Waals surface area contributed by atoms with E-state index in [0.29, 0.717) is 6.42 Å². The number of benzene rings is 2. The molecule has 1 heterocycles. The van der Waals surface area contributed by atoms with Gasteiger partial charge in [-0.05, 0) is 37.0 Å². The van der Waals surface area contributed by atoms with Gasteiger partial charge in [-0.25, -0.2) is 4.68 Å². The molecule has 3 heteroatoms. The molecule has 3 nitrogen and oxygen atoms in total. The number of hydrogen-bond donors (Lipinski definition) is 0. The molecule has 0 saturated heterocycles. The molecule has 1 aliphatic carbocycles. The Bertz CT molecular complexity index is 864. The molecule has 4 rings (SSSR count). The van der Waals surface area contributed by atoms with E-state index in [1.807, 2.05) is 35.0 Å². The van der Waals surface area contributed by atoms with E-state index < -0.39 is 0 Å². The fourth-order valence-corrected chi connectivity index (χ4v) is 3.39. The first-order valence-electron chi connectivity index (χ1n) is 7.94. The summed E-state index contributed by atoms with van der Waals surface area (Å²) in [7, 11) is 0. The molecule has 3 aromatic rings. The lowest BCUT2D eigenvalue weighted by Gasteiger charge is -2.23. The normalized spacial score (nSPS) is 17.1. The molecule has 1 atom stereocenters. The van der Waals surface area contributed by atoms with Crippen LogP contribution in [0.25, 0.3) is 5.69 Å². The van der Waals surface area contributed by atoms with Crippen LogP contribution in [0.3, 0.4) is 0 Å². The number of carbonyl (C=O) groups excluding carboxylic acids is 1. The summed E-state index contributed by atoms with van der Waals surface area (Å²) < 4.78 is 1.91. The van der Waals surface area contributed by atoms with Gasteiger partial charge in [0.25, 0.3) is 0 Å². The van der Waals surface area contributed by atoms with Crippen LogP contribution >= 0.6 is 0 Å². The largest absolute Gasteiger partial charge is 0.294 e. The van der Waals surface area contributed by atoms with Gasteiger partial charge in [-0.3, -0.25) is 4.79 Å². The molecule has 1 aliphatic rings. The Balaban J connectivity index is 1.76. The fraction of sp³-hybridized carbons (Fsp3) is 0.200. The van der Waals surface area contributed by atoms with E-state index in [4.69, 9.17) is 0 Å². The molecular weight excluding hydrogens is 284 g/mol. The summed E-state index contributed by atoms with van der Waals surface area (Å²) in [5, 5.41) is 4.46. The van der Waals surface area contributed by atoms with Gasteiger partial charge in [-0.1, -0.05) is 48.0 Å². The molecule has 23 heavy (non-hydrogen) atoms. The topological polar surface area (TPSA) is 34.9 Å². The summed E-state index contributed by atoms with van der Waals surface area (Å²) in [5.74, 6) is 0.425. The zero-order valence-corrected chi connectivity index (χ0v) is 13.1. The molecule has 0 spiro atoms. The average Bonchev–Trinajstić information content (AvgIpc) is 3.00. The molecule has 1 unspecified atom stereocenters. The second-order valence-electron chi connectivity index (χ2n) is 6.19. The minimum atomic E-state index is 0.194. The summed E-state index contributed by atoms with van der Waals surface area (Å²) in [6, 6.07) is 18.5. The van der Waals surface area contributed by atoms with E-state index in [1.165, 1.54) is 11.1 Å². The predicted octanol–water partition coefficient (Wildman–Crippen LogP) is 4.09. The lowest BCUT2D eigenvalue weighted by atomic mass is 9.82. The van der Waals surface area contributed by atoms with Gasteiger partial charge in [-0.2, -0.15) is 5.10 Å². The smallest absolute Gasteiger partial charge is 0.166 e. The Hall–Kier alpha value is -2.68. The second-order valence-corrected chi connectivity index (χ2v) is 6.19. The maximum Gasteiger partial charge on any atom is 0.166 e. The monoisotopic (exact) mass is 302 g/mol. The standard InChI is InChI=1S/C20H18N2O/c1-14-6-5-7-15(10-14)16-11-19-18(20(23)12-16)13-21-22(19)17-8-3-2-4-9-17/h2-10,13,16H,11-12H2,1H3. The van der Waals surface area contributed by atoms with Gasteiger partial charge >= 0.3 is 0 Å². The number of aromatic nitrogens is 2. The molecule has 0 bridgehead atoms. The zero-order chi connectivity index (χ0) is 15.8. The summed E-state index contributed by atoms with van der Waals surface area (Å²) in [4.78, 5) is 12.5. The Morgan fingerprint density at radius 1 is 1.04 bits per heavy atom. The molecule has 1 aromatic heterocycles. The third-order valence-corrected chi connectivity index (χ3v) is 4.56. The van der Waals surface area contributed by atoms with Crippen molar-refractivity contribution >= 4 is 5.78 Å². The molecule has 0 aliphatic heterocycles. The maximum atomic E-state index is 12.5. The quantitative estimate of drug-likeness (QED) is 0.714. The van der Waals surface area contributed by atoms with Gasteiger partial charge in [-0.15, -0.1) is 0 Å². The molecular formula is C20H18N2O. The van der Waals surface area contributed by atoms with Crippen LogP contribution in [0.4, 0.5) is 0 Å². The van der Waals surface area contributed by atoms with Crippen LogP contribution in [0.15, 0.2) is 60.8 Å². The first kappa shape index (κ1) is 13.9. The van der Waals surface area contributed by atoms with E-state index in [-0.39, 0.29) is 11.7 Å². The van der Waals surface area contributed by atoms with Gasteiger partial charge in [0.05, 0.1) is 23.1 Å². The highest BCUT2D eigenvalue weighted by molar-refractivity contribution is 5.98. The predicted molar refractivity (Wildman–Crippen MR) is 90.1 cm³/mol. The summed E-state index contributed by atoms with van der Waals surface area (Å²) >= 11 is 0. The SMILES string of the molecule is Cc1cccc(C2CC(=O)c3cnn(-c4ccccc4)c3C2)c1. The van der Waals surface area contributed by atoms with Crippen molar-refractivity contribution in [1.29, 1.82) is 0 Å². The molecule has 0 fully saturated rings. The van der Waals surface area contributed by atoms with E-state index in [9.17, 15) is 4.79 Å². The number of aryl methyl sites for hydroxylation is 1. The van der Waals surface area contributed by atoms with Crippen LogP contribution < -0.4 is 0 Å². The van der Waals surface area contributed by atoms with E-state index in [1.54, 1.807) is 6.20 Å². The highest BCUT2D eigenvalue weighted by Gasteiger charge is 2.30. The Morgan fingerprint density at radius 2 is 1.87 bits per heavy atom. The van der Waals surface area contributed by atoms with Crippen molar-refractivity contribution in [2.75, 3.05) is 0 Å². The van der Waals surface area contributed by atoms with E-state index in [0.717, 1.165) is 23.4 Å². The summed E-state index contributed by atoms with van der Waals surface area (Å²) in [6.45, 7) is 2.09. The highest BCUT2D eigenvalue weighted by atomic mass is 16.1. The zero-order valence-electron chi connectivity index (χ0n) is 13.1. The second kappa shape index (κ2) is 5.51. The number of nitrogens with zero attached hydrogens (tertiary/aromatic N) is 2. The minimum absolute atomic E-state index is 0.194. The number of ketones is 1. The summed E-state index contributed by atoms with van der Waals surface area (Å²) in [6.07, 6.45) is 3.13. The Morgan fingerprint density at radius 3 is 2.65 bits per heavy atom. The van der Waals surface area contributed by atoms with Crippen LogP contribution in [0, 0.1) is 6.92 Å². The third kappa shape index (κ3) is 2.48. The van der Waals surface area contributed by atoms with Crippen LogP contribution in [0.1, 0.15) is 39.5 Å². The van der Waals surface area contributed by atoms with Crippen LogP contribution in [-0.2, 0) is 6.42 Å². The van der Waals surface area contributed by atoms with Crippen LogP contribution in [0.2, 0.25) is 0 Å². The van der Waals surface area contributed by atoms with E-state index in [2.05, 4.69) is 36.3 Å². The van der Waals surface area contributed by atoms with Gasteiger partial charge in [0, 0.05) is 6.42 Å². The molecule has 0 N–H and O–H groups in total. The van der Waals surface area contributed by atoms with Gasteiger partial charge < -0.3 is 0 Å². The Kier molecular flexibility index (Phi) is 3.34. The minimum Gasteiger partial charge on any atom is -0.294 e. The van der Waals surface area contributed by atoms with Gasteiger partial charge in [0.2, 0.25) is 0 Å². The lowest BCUT2D eigenvalue weighted by molar-refractivity contribution is 0.0963. The lowest BCUT2D eigenvalue weighted by Crippen LogP contribution is -2.20. The molecule has 0 saturated carbocycles. The van der Waals surface area contributed by atoms with Crippen LogP contribution in [-0.4, -0.2) is 15.6 Å². The molecule has 0 radical (unpaired) electrons. The number of Topliss-reactive ketones (excluding diaryl/α,β-unsaturated/α-hetero) is 1. The van der Waals surface area contributed by atoms with Crippen molar-refractivity contribution in [1.82, 2.24) is 9.78 Å². The van der Waals surface area contributed by atoms with Crippen molar-refractivity contribution in [3.63, 3.8) is 0 Å². The number of fused-ring (bicyclic) bond motifs is 1. The van der Waals surface area contributed by atoms with Crippen molar-refractivity contribution in [2.45, 2.75) is 25.7 Å². The Labute approximate surface area is 135 Å². The molecule has 0 amide bonds. The van der Waals surface area contributed by atoms with Crippen LogP contribution in [0.5, 0.6) is 0 Å². The first-order valence-corrected chi connectivity index (χ1v) is 7.94. The molecule has 2 aromatic carbocycles. The van der Waals surface area contributed by atoms with Crippen molar-refractivity contribution in [3.05, 3.63) is 83.2 Å². The number of para-hydroxylation sites is 1. The third-order valence-electron chi connectivity index (χ3n) is 4.56. The van der Waals surface area contributed by atoms with E-state index >= 15 is 0 Å². The van der Waals surface area contributed by atoms with Crippen molar-refractivity contribution in [3.8, 4) is 5.69 Å². The number of rotatable bonds is 2. The first-order chi connectivity index (χ1) is 11.2. The van der Waals surface area contributed by atoms with Crippen molar-refractivity contribution in [2.24, 2.45) is 0 Å². The summed E-state index contributed by atoms with van der Waals surface area (Å²) in [5.41, 5.74) is 5.28. The highest BCUT2D eigenvalue weighted by Crippen LogP contribution is 2.33. The average molecular weight is 302 g/mol. The van der Waals surface area contributed by atoms with Gasteiger partial charge in [0.15, 0.2) is 5.78 Å². The maximum absolute atomic E-state index is 12.5. The molecule has 114 valence electrons. The fourth-order valence-electron chi connectivity index (χ4n) is 3.39. The number of hydrogen-bond acceptors (Lipinski definition) is 2. The van der Waals surface area contributed by atoms with Crippen molar-refractivity contribution < 1.29 is 4.79 Å².